The Morgan fingerprint density at radius 2 is 2.17 bits per heavy atom. The molecule has 0 radical (unpaired) electrons. The second kappa shape index (κ2) is 9.55. The van der Waals surface area contributed by atoms with Crippen LogP contribution in [0.25, 0.3) is 10.2 Å². The number of hydrogen-bond donors (Lipinski definition) is 0. The maximum absolute atomic E-state index is 13.2. The van der Waals surface area contributed by atoms with Crippen molar-refractivity contribution in [3.63, 3.8) is 0 Å². The summed E-state index contributed by atoms with van der Waals surface area (Å²) in [5.41, 5.74) is 1.45. The number of para-hydroxylation sites is 1. The van der Waals surface area contributed by atoms with Crippen LogP contribution in [0.3, 0.4) is 0 Å². The Morgan fingerprint density at radius 3 is 2.90 bits per heavy atom. The van der Waals surface area contributed by atoms with Crippen LogP contribution in [-0.4, -0.2) is 66.9 Å². The van der Waals surface area contributed by atoms with Crippen molar-refractivity contribution >= 4 is 32.6 Å². The lowest BCUT2D eigenvalue weighted by Crippen LogP contribution is -2.39. The highest BCUT2D eigenvalue weighted by Crippen LogP contribution is 2.35. The van der Waals surface area contributed by atoms with E-state index in [-0.39, 0.29) is 11.7 Å². The third-order valence-electron chi connectivity index (χ3n) is 4.95. The van der Waals surface area contributed by atoms with E-state index in [9.17, 15) is 4.79 Å². The van der Waals surface area contributed by atoms with Crippen molar-refractivity contribution in [1.82, 2.24) is 15.0 Å². The molecule has 9 heteroatoms. The van der Waals surface area contributed by atoms with Gasteiger partial charge in [0.15, 0.2) is 5.13 Å². The standard InChI is InChI=1S/C21H26N4O4S/c1-3-28-16-6-4-7-18-19(16)22-21(30-18)25(20(26)17-14-15(2)23-29-17)9-5-8-24-10-12-27-13-11-24/h4,6-7,14H,3,5,8-13H2,1-2H3. The molecule has 1 aliphatic rings. The lowest BCUT2D eigenvalue weighted by Gasteiger charge is -2.27. The zero-order valence-corrected chi connectivity index (χ0v) is 18.1. The second-order valence-corrected chi connectivity index (χ2v) is 8.14. The molecule has 0 aliphatic carbocycles. The molecule has 2 aromatic heterocycles. The normalized spacial score (nSPS) is 14.9. The minimum atomic E-state index is -0.227. The molecule has 0 unspecified atom stereocenters. The van der Waals surface area contributed by atoms with Gasteiger partial charge in [0.2, 0.25) is 5.76 Å². The number of ether oxygens (including phenoxy) is 2. The average Bonchev–Trinajstić information content (AvgIpc) is 3.38. The Morgan fingerprint density at radius 1 is 1.33 bits per heavy atom. The van der Waals surface area contributed by atoms with Crippen LogP contribution < -0.4 is 9.64 Å². The van der Waals surface area contributed by atoms with Crippen molar-refractivity contribution in [2.45, 2.75) is 20.3 Å². The number of hydrogen-bond acceptors (Lipinski definition) is 8. The predicted molar refractivity (Wildman–Crippen MR) is 116 cm³/mol. The van der Waals surface area contributed by atoms with Crippen LogP contribution in [0.1, 0.15) is 29.6 Å². The Hall–Kier alpha value is -2.49. The highest BCUT2D eigenvalue weighted by molar-refractivity contribution is 7.22. The Balaban J connectivity index is 1.58. The van der Waals surface area contributed by atoms with E-state index < -0.39 is 0 Å². The van der Waals surface area contributed by atoms with E-state index in [0.717, 1.165) is 55.2 Å². The number of anilines is 1. The number of fused-ring (bicyclic) bond motifs is 1. The van der Waals surface area contributed by atoms with Crippen LogP contribution >= 0.6 is 11.3 Å². The molecule has 1 aromatic carbocycles. The van der Waals surface area contributed by atoms with Gasteiger partial charge in [-0.1, -0.05) is 22.6 Å². The lowest BCUT2D eigenvalue weighted by atomic mass is 10.3. The van der Waals surface area contributed by atoms with Gasteiger partial charge in [0, 0.05) is 32.2 Å². The van der Waals surface area contributed by atoms with Gasteiger partial charge in [-0.05, 0) is 32.4 Å². The van der Waals surface area contributed by atoms with E-state index in [0.29, 0.717) is 24.0 Å². The monoisotopic (exact) mass is 430 g/mol. The molecule has 30 heavy (non-hydrogen) atoms. The first-order valence-electron chi connectivity index (χ1n) is 10.2. The molecule has 1 fully saturated rings. The third kappa shape index (κ3) is 4.63. The molecule has 1 amide bonds. The highest BCUT2D eigenvalue weighted by atomic mass is 32.1. The zero-order valence-electron chi connectivity index (χ0n) is 17.3. The van der Waals surface area contributed by atoms with Crippen LogP contribution in [0.4, 0.5) is 5.13 Å². The number of aryl methyl sites for hydroxylation is 1. The van der Waals surface area contributed by atoms with Crippen molar-refractivity contribution in [2.24, 2.45) is 0 Å². The smallest absolute Gasteiger partial charge is 0.298 e. The highest BCUT2D eigenvalue weighted by Gasteiger charge is 2.25. The van der Waals surface area contributed by atoms with Gasteiger partial charge in [0.1, 0.15) is 11.3 Å². The molecular formula is C21H26N4O4S. The Bertz CT molecular complexity index is 996. The number of carbonyl (C=O) groups is 1. The third-order valence-corrected chi connectivity index (χ3v) is 5.99. The molecule has 0 bridgehead atoms. The molecule has 3 heterocycles. The fraction of sp³-hybridized carbons (Fsp3) is 0.476. The van der Waals surface area contributed by atoms with Crippen molar-refractivity contribution in [2.75, 3.05) is 50.9 Å². The molecule has 1 aliphatic heterocycles. The van der Waals surface area contributed by atoms with Gasteiger partial charge in [0.25, 0.3) is 5.91 Å². The number of amides is 1. The molecule has 0 N–H and O–H groups in total. The first-order chi connectivity index (χ1) is 14.7. The van der Waals surface area contributed by atoms with Crippen LogP contribution in [0, 0.1) is 6.92 Å². The van der Waals surface area contributed by atoms with Crippen LogP contribution in [0.15, 0.2) is 28.8 Å². The Labute approximate surface area is 179 Å². The molecular weight excluding hydrogens is 404 g/mol. The minimum Gasteiger partial charge on any atom is -0.492 e. The van der Waals surface area contributed by atoms with E-state index in [4.69, 9.17) is 19.0 Å². The van der Waals surface area contributed by atoms with E-state index in [1.54, 1.807) is 17.9 Å². The summed E-state index contributed by atoms with van der Waals surface area (Å²) in [4.78, 5) is 22.0. The molecule has 3 aromatic rings. The molecule has 1 saturated heterocycles. The molecule has 0 saturated carbocycles. The van der Waals surface area contributed by atoms with Gasteiger partial charge in [-0.25, -0.2) is 4.98 Å². The summed E-state index contributed by atoms with van der Waals surface area (Å²) in [6.07, 6.45) is 0.826. The van der Waals surface area contributed by atoms with Gasteiger partial charge in [-0.15, -0.1) is 0 Å². The van der Waals surface area contributed by atoms with Crippen LogP contribution in [0.5, 0.6) is 5.75 Å². The number of carbonyl (C=O) groups excluding carboxylic acids is 1. The number of aromatic nitrogens is 2. The van der Waals surface area contributed by atoms with E-state index in [1.165, 1.54) is 11.3 Å². The average molecular weight is 431 g/mol. The molecule has 0 spiro atoms. The topological polar surface area (TPSA) is 80.9 Å². The maximum Gasteiger partial charge on any atom is 0.298 e. The van der Waals surface area contributed by atoms with E-state index >= 15 is 0 Å². The summed E-state index contributed by atoms with van der Waals surface area (Å²) in [5, 5.41) is 4.50. The molecule has 0 atom stereocenters. The SMILES string of the molecule is CCOc1cccc2sc(N(CCCN3CCOCC3)C(=O)c3cc(C)no3)nc12. The van der Waals surface area contributed by atoms with Crippen molar-refractivity contribution in [3.05, 3.63) is 35.7 Å². The fourth-order valence-corrected chi connectivity index (χ4v) is 4.47. The van der Waals surface area contributed by atoms with Crippen molar-refractivity contribution in [1.29, 1.82) is 0 Å². The van der Waals surface area contributed by atoms with Gasteiger partial charge < -0.3 is 14.0 Å². The zero-order chi connectivity index (χ0) is 20.9. The quantitative estimate of drug-likeness (QED) is 0.542. The van der Waals surface area contributed by atoms with Crippen molar-refractivity contribution in [3.8, 4) is 5.75 Å². The van der Waals surface area contributed by atoms with Gasteiger partial charge >= 0.3 is 0 Å². The summed E-state index contributed by atoms with van der Waals surface area (Å²) >= 11 is 1.48. The minimum absolute atomic E-state index is 0.225. The number of rotatable bonds is 8. The van der Waals surface area contributed by atoms with Gasteiger partial charge in [0.05, 0.1) is 30.2 Å². The summed E-state index contributed by atoms with van der Waals surface area (Å²) in [6, 6.07) is 7.50. The number of nitrogens with zero attached hydrogens (tertiary/aromatic N) is 4. The second-order valence-electron chi connectivity index (χ2n) is 7.13. The first kappa shape index (κ1) is 20.8. The summed E-state index contributed by atoms with van der Waals surface area (Å²) in [5.74, 6) is 0.728. The predicted octanol–water partition coefficient (Wildman–Crippen LogP) is 3.36. The van der Waals surface area contributed by atoms with E-state index in [1.807, 2.05) is 25.1 Å². The van der Waals surface area contributed by atoms with Crippen LogP contribution in [-0.2, 0) is 4.74 Å². The van der Waals surface area contributed by atoms with Gasteiger partial charge in [-0.2, -0.15) is 0 Å². The van der Waals surface area contributed by atoms with Gasteiger partial charge in [-0.3, -0.25) is 14.6 Å². The van der Waals surface area contributed by atoms with E-state index in [2.05, 4.69) is 10.1 Å². The van der Waals surface area contributed by atoms with Crippen molar-refractivity contribution < 1.29 is 18.8 Å². The molecule has 8 nitrogen and oxygen atoms in total. The molecule has 4 rings (SSSR count). The summed E-state index contributed by atoms with van der Waals surface area (Å²) < 4.78 is 17.4. The summed E-state index contributed by atoms with van der Waals surface area (Å²) in [7, 11) is 0. The largest absolute Gasteiger partial charge is 0.492 e. The maximum atomic E-state index is 13.2. The molecule has 160 valence electrons. The fourth-order valence-electron chi connectivity index (χ4n) is 3.46. The summed E-state index contributed by atoms with van der Waals surface area (Å²) in [6.45, 7) is 9.12. The number of thiazole rings is 1. The number of morpholine rings is 1. The lowest BCUT2D eigenvalue weighted by molar-refractivity contribution is 0.0376. The Kier molecular flexibility index (Phi) is 6.61. The number of benzene rings is 1. The van der Waals surface area contributed by atoms with Crippen LogP contribution in [0.2, 0.25) is 0 Å². The first-order valence-corrected chi connectivity index (χ1v) is 11.0.